The fourth-order valence-electron chi connectivity index (χ4n) is 1.85. The average Bonchev–Trinajstić information content (AvgIpc) is 2.43. The Balaban J connectivity index is 2.61. The van der Waals surface area contributed by atoms with E-state index < -0.39 is 26.5 Å². The molecule has 0 radical (unpaired) electrons. The number of hydrogen-bond donors (Lipinski definition) is 3. The van der Waals surface area contributed by atoms with E-state index in [1.54, 1.807) is 6.92 Å². The highest BCUT2D eigenvalue weighted by atomic mass is 32.2. The minimum absolute atomic E-state index is 0.00388. The first-order valence-electron chi connectivity index (χ1n) is 6.29. The molecule has 0 aliphatic heterocycles. The molecule has 23 heavy (non-hydrogen) atoms. The summed E-state index contributed by atoms with van der Waals surface area (Å²) in [6.45, 7) is 1.54. The zero-order valence-electron chi connectivity index (χ0n) is 12.3. The van der Waals surface area contributed by atoms with Crippen molar-refractivity contribution >= 4 is 27.2 Å². The zero-order chi connectivity index (χ0) is 17.4. The van der Waals surface area contributed by atoms with Gasteiger partial charge >= 0.3 is 0 Å². The second-order valence-corrected chi connectivity index (χ2v) is 6.19. The SMILES string of the molecule is Cc1cc(=O)n(C)c(O)c1N=Nc1cc(N)ccc1S(=O)(=O)O. The Morgan fingerprint density at radius 2 is 1.87 bits per heavy atom. The van der Waals surface area contributed by atoms with Crippen LogP contribution in [0, 0.1) is 6.92 Å². The maximum absolute atomic E-state index is 11.5. The van der Waals surface area contributed by atoms with E-state index in [9.17, 15) is 22.9 Å². The second kappa shape index (κ2) is 5.82. The van der Waals surface area contributed by atoms with Crippen molar-refractivity contribution < 1.29 is 18.1 Å². The van der Waals surface area contributed by atoms with E-state index in [0.29, 0.717) is 5.56 Å². The average molecular weight is 338 g/mol. The summed E-state index contributed by atoms with van der Waals surface area (Å²) in [5, 5.41) is 17.4. The van der Waals surface area contributed by atoms with Crippen LogP contribution in [0.2, 0.25) is 0 Å². The van der Waals surface area contributed by atoms with Crippen molar-refractivity contribution in [3.8, 4) is 5.88 Å². The Hall–Kier alpha value is -2.72. The number of aromatic nitrogens is 1. The van der Waals surface area contributed by atoms with Gasteiger partial charge < -0.3 is 10.8 Å². The zero-order valence-corrected chi connectivity index (χ0v) is 13.1. The maximum atomic E-state index is 11.5. The van der Waals surface area contributed by atoms with Gasteiger partial charge in [-0.05, 0) is 30.7 Å². The summed E-state index contributed by atoms with van der Waals surface area (Å²) >= 11 is 0. The molecule has 0 saturated carbocycles. The summed E-state index contributed by atoms with van der Waals surface area (Å²) in [5.41, 5.74) is 5.51. The Morgan fingerprint density at radius 3 is 2.48 bits per heavy atom. The Morgan fingerprint density at radius 1 is 1.22 bits per heavy atom. The van der Waals surface area contributed by atoms with Gasteiger partial charge in [0.05, 0.1) is 0 Å². The maximum Gasteiger partial charge on any atom is 0.296 e. The lowest BCUT2D eigenvalue weighted by molar-refractivity contribution is 0.424. The van der Waals surface area contributed by atoms with Crippen LogP contribution in [-0.4, -0.2) is 22.6 Å². The number of nitrogens with zero attached hydrogens (tertiary/aromatic N) is 3. The van der Waals surface area contributed by atoms with Gasteiger partial charge in [-0.15, -0.1) is 10.2 Å². The van der Waals surface area contributed by atoms with E-state index in [-0.39, 0.29) is 17.1 Å². The molecule has 0 saturated heterocycles. The summed E-state index contributed by atoms with van der Waals surface area (Å²) in [4.78, 5) is 11.0. The van der Waals surface area contributed by atoms with E-state index in [2.05, 4.69) is 10.2 Å². The van der Waals surface area contributed by atoms with Crippen molar-refractivity contribution in [3.63, 3.8) is 0 Å². The molecular formula is C13H14N4O5S. The van der Waals surface area contributed by atoms with Gasteiger partial charge in [0.15, 0.2) is 0 Å². The summed E-state index contributed by atoms with van der Waals surface area (Å²) < 4.78 is 32.8. The van der Waals surface area contributed by atoms with Crippen molar-refractivity contribution in [3.05, 3.63) is 40.2 Å². The number of rotatable bonds is 3. The quantitative estimate of drug-likeness (QED) is 0.440. The number of azo groups is 1. The molecule has 122 valence electrons. The molecule has 4 N–H and O–H groups in total. The molecule has 0 bridgehead atoms. The van der Waals surface area contributed by atoms with Gasteiger partial charge in [-0.2, -0.15) is 8.42 Å². The number of nitrogen functional groups attached to an aromatic ring is 1. The molecule has 0 atom stereocenters. The molecule has 0 aliphatic rings. The molecule has 2 rings (SSSR count). The predicted octanol–water partition coefficient (Wildman–Crippen LogP) is 1.64. The third-order valence-corrected chi connectivity index (χ3v) is 3.99. The van der Waals surface area contributed by atoms with Crippen molar-refractivity contribution in [2.45, 2.75) is 11.8 Å². The molecule has 0 aliphatic carbocycles. The van der Waals surface area contributed by atoms with Gasteiger partial charge in [0.25, 0.3) is 15.7 Å². The molecule has 1 aromatic heterocycles. The highest BCUT2D eigenvalue weighted by Crippen LogP contribution is 2.32. The Labute approximate surface area is 131 Å². The molecule has 0 spiro atoms. The van der Waals surface area contributed by atoms with Crippen LogP contribution in [0.3, 0.4) is 0 Å². The van der Waals surface area contributed by atoms with Crippen molar-refractivity contribution in [1.82, 2.24) is 4.57 Å². The lowest BCUT2D eigenvalue weighted by Crippen LogP contribution is -2.15. The van der Waals surface area contributed by atoms with Gasteiger partial charge in [-0.3, -0.25) is 13.9 Å². The lowest BCUT2D eigenvalue weighted by Gasteiger charge is -2.07. The molecule has 9 nitrogen and oxygen atoms in total. The second-order valence-electron chi connectivity index (χ2n) is 4.80. The minimum Gasteiger partial charge on any atom is -0.493 e. The molecule has 0 amide bonds. The molecule has 10 heteroatoms. The van der Waals surface area contributed by atoms with Crippen molar-refractivity contribution in [2.75, 3.05) is 5.73 Å². The lowest BCUT2D eigenvalue weighted by atomic mass is 10.2. The van der Waals surface area contributed by atoms with E-state index >= 15 is 0 Å². The number of anilines is 1. The highest BCUT2D eigenvalue weighted by molar-refractivity contribution is 7.86. The smallest absolute Gasteiger partial charge is 0.296 e. The van der Waals surface area contributed by atoms with E-state index in [1.807, 2.05) is 0 Å². The molecule has 1 aromatic carbocycles. The van der Waals surface area contributed by atoms with E-state index in [1.165, 1.54) is 25.2 Å². The standard InChI is InChI=1S/C13H14N4O5S/c1-7-5-11(18)17(2)13(19)12(7)16-15-9-6-8(14)3-4-10(9)23(20,21)22/h3-6,19H,14H2,1-2H3,(H,20,21,22). The summed E-state index contributed by atoms with van der Waals surface area (Å²) in [7, 11) is -3.17. The van der Waals surface area contributed by atoms with E-state index in [4.69, 9.17) is 5.73 Å². The fourth-order valence-corrected chi connectivity index (χ4v) is 2.45. The van der Waals surface area contributed by atoms with Crippen LogP contribution in [0.1, 0.15) is 5.56 Å². The minimum atomic E-state index is -4.52. The number of hydrogen-bond acceptors (Lipinski definition) is 7. The number of benzene rings is 1. The topological polar surface area (TPSA) is 147 Å². The van der Waals surface area contributed by atoms with Crippen LogP contribution in [0.25, 0.3) is 0 Å². The van der Waals surface area contributed by atoms with Crippen LogP contribution in [0.15, 0.2) is 44.2 Å². The fraction of sp³-hybridized carbons (Fsp3) is 0.154. The third-order valence-electron chi connectivity index (χ3n) is 3.09. The number of aromatic hydroxyl groups is 1. The van der Waals surface area contributed by atoms with Crippen molar-refractivity contribution in [1.29, 1.82) is 0 Å². The van der Waals surface area contributed by atoms with Crippen LogP contribution >= 0.6 is 0 Å². The summed E-state index contributed by atoms with van der Waals surface area (Å²) in [5.74, 6) is -0.420. The van der Waals surface area contributed by atoms with Gasteiger partial charge in [0.2, 0.25) is 5.88 Å². The number of aryl methyl sites for hydroxylation is 1. The van der Waals surface area contributed by atoms with Crippen LogP contribution in [0.4, 0.5) is 17.1 Å². The van der Waals surface area contributed by atoms with Crippen LogP contribution < -0.4 is 11.3 Å². The van der Waals surface area contributed by atoms with E-state index in [0.717, 1.165) is 10.6 Å². The summed E-state index contributed by atoms with van der Waals surface area (Å²) in [6.07, 6.45) is 0. The highest BCUT2D eigenvalue weighted by Gasteiger charge is 2.16. The molecular weight excluding hydrogens is 324 g/mol. The first-order chi connectivity index (χ1) is 10.6. The third kappa shape index (κ3) is 3.38. The van der Waals surface area contributed by atoms with Gasteiger partial charge in [-0.1, -0.05) is 0 Å². The molecule has 0 unspecified atom stereocenters. The monoisotopic (exact) mass is 338 g/mol. The summed E-state index contributed by atoms with van der Waals surface area (Å²) in [6, 6.07) is 4.83. The number of nitrogens with two attached hydrogens (primary N) is 1. The van der Waals surface area contributed by atoms with Gasteiger partial charge in [0, 0.05) is 18.8 Å². The molecule has 2 aromatic rings. The molecule has 0 fully saturated rings. The van der Waals surface area contributed by atoms with Crippen molar-refractivity contribution in [2.24, 2.45) is 17.3 Å². The largest absolute Gasteiger partial charge is 0.493 e. The van der Waals surface area contributed by atoms with Gasteiger partial charge in [0.1, 0.15) is 16.3 Å². The Bertz CT molecular complexity index is 963. The van der Waals surface area contributed by atoms with Crippen LogP contribution in [0.5, 0.6) is 5.88 Å². The Kier molecular flexibility index (Phi) is 4.21. The normalized spacial score (nSPS) is 12.0. The first-order valence-corrected chi connectivity index (χ1v) is 7.73. The number of pyridine rings is 1. The predicted molar refractivity (Wildman–Crippen MR) is 82.9 cm³/mol. The van der Waals surface area contributed by atoms with Gasteiger partial charge in [-0.25, -0.2) is 0 Å². The first kappa shape index (κ1) is 16.6. The molecule has 1 heterocycles. The van der Waals surface area contributed by atoms with Crippen LogP contribution in [-0.2, 0) is 17.2 Å².